The fourth-order valence-corrected chi connectivity index (χ4v) is 2.96. The Kier molecular flexibility index (Phi) is 4.62. The summed E-state index contributed by atoms with van der Waals surface area (Å²) in [6.45, 7) is 5.56. The zero-order chi connectivity index (χ0) is 14.5. The van der Waals surface area contributed by atoms with Crippen LogP contribution in [0.4, 0.5) is 0 Å². The molecule has 2 N–H and O–H groups in total. The highest BCUT2D eigenvalue weighted by Crippen LogP contribution is 2.14. The number of benzene rings is 1. The molecule has 2 atom stereocenters. The predicted molar refractivity (Wildman–Crippen MR) is 82.9 cm³/mol. The highest BCUT2D eigenvalue weighted by Gasteiger charge is 2.24. The van der Waals surface area contributed by atoms with Crippen molar-refractivity contribution in [1.29, 1.82) is 0 Å². The highest BCUT2D eigenvalue weighted by molar-refractivity contribution is 5.14. The van der Waals surface area contributed by atoms with E-state index in [2.05, 4.69) is 62.7 Å². The second-order valence-electron chi connectivity index (χ2n) is 5.78. The van der Waals surface area contributed by atoms with Gasteiger partial charge in [-0.2, -0.15) is 5.10 Å². The summed E-state index contributed by atoms with van der Waals surface area (Å²) in [5.41, 5.74) is 1.42. The Labute approximate surface area is 125 Å². The average Bonchev–Trinajstić information content (AvgIpc) is 3.18. The van der Waals surface area contributed by atoms with Gasteiger partial charge in [-0.1, -0.05) is 30.3 Å². The molecule has 1 aliphatic heterocycles. The van der Waals surface area contributed by atoms with Gasteiger partial charge in [0, 0.05) is 19.1 Å². The van der Waals surface area contributed by atoms with Gasteiger partial charge >= 0.3 is 0 Å². The van der Waals surface area contributed by atoms with Crippen LogP contribution in [0, 0.1) is 0 Å². The number of rotatable bonds is 6. The van der Waals surface area contributed by atoms with Crippen molar-refractivity contribution < 1.29 is 0 Å². The summed E-state index contributed by atoms with van der Waals surface area (Å²) in [6.07, 6.45) is 3.90. The highest BCUT2D eigenvalue weighted by atomic mass is 15.2. The van der Waals surface area contributed by atoms with E-state index in [4.69, 9.17) is 0 Å². The van der Waals surface area contributed by atoms with Gasteiger partial charge in [0.05, 0.1) is 6.04 Å². The number of hydrogen-bond donors (Lipinski definition) is 2. The van der Waals surface area contributed by atoms with Crippen molar-refractivity contribution in [1.82, 2.24) is 25.4 Å². The van der Waals surface area contributed by atoms with Crippen molar-refractivity contribution in [2.24, 2.45) is 0 Å². The molecule has 2 aromatic rings. The molecule has 0 bridgehead atoms. The zero-order valence-corrected chi connectivity index (χ0v) is 12.5. The molecule has 0 aliphatic carbocycles. The fourth-order valence-electron chi connectivity index (χ4n) is 2.96. The minimum Gasteiger partial charge on any atom is -0.303 e. The zero-order valence-electron chi connectivity index (χ0n) is 12.5. The van der Waals surface area contributed by atoms with E-state index in [0.717, 1.165) is 25.3 Å². The van der Waals surface area contributed by atoms with Crippen molar-refractivity contribution in [3.05, 3.63) is 48.0 Å². The van der Waals surface area contributed by atoms with Crippen molar-refractivity contribution in [3.8, 4) is 0 Å². The van der Waals surface area contributed by atoms with Gasteiger partial charge in [0.15, 0.2) is 0 Å². The Hall–Kier alpha value is -1.72. The molecule has 1 aromatic heterocycles. The van der Waals surface area contributed by atoms with E-state index < -0.39 is 0 Å². The van der Waals surface area contributed by atoms with Gasteiger partial charge < -0.3 is 10.2 Å². The van der Waals surface area contributed by atoms with Crippen molar-refractivity contribution in [2.75, 3.05) is 19.6 Å². The van der Waals surface area contributed by atoms with Crippen molar-refractivity contribution in [3.63, 3.8) is 0 Å². The van der Waals surface area contributed by atoms with Crippen molar-refractivity contribution >= 4 is 0 Å². The summed E-state index contributed by atoms with van der Waals surface area (Å²) < 4.78 is 0. The average molecular weight is 285 g/mol. The van der Waals surface area contributed by atoms with E-state index >= 15 is 0 Å². The summed E-state index contributed by atoms with van der Waals surface area (Å²) >= 11 is 0. The first kappa shape index (κ1) is 14.2. The van der Waals surface area contributed by atoms with E-state index in [1.807, 2.05) is 0 Å². The molecular formula is C16H23N5. The molecule has 0 amide bonds. The Morgan fingerprint density at radius 1 is 1.38 bits per heavy atom. The number of aromatic nitrogens is 3. The van der Waals surface area contributed by atoms with Crippen LogP contribution in [0.1, 0.15) is 30.8 Å². The van der Waals surface area contributed by atoms with E-state index in [1.54, 1.807) is 6.33 Å². The lowest BCUT2D eigenvalue weighted by molar-refractivity contribution is 0.326. The maximum absolute atomic E-state index is 4.21. The van der Waals surface area contributed by atoms with Crippen LogP contribution in [0.2, 0.25) is 0 Å². The molecule has 1 aliphatic rings. The fraction of sp³-hybridized carbons (Fsp3) is 0.500. The standard InChI is InChI=1S/C16H23N5/c1-13(16-17-12-18-20-16)19-15-8-10-21(11-15)9-7-14-5-3-2-4-6-14/h2-6,12-13,15,19H,7-11H2,1H3,(H,17,18,20). The largest absolute Gasteiger partial charge is 0.303 e. The normalized spacial score (nSPS) is 20.7. The molecule has 112 valence electrons. The topological polar surface area (TPSA) is 56.8 Å². The second kappa shape index (κ2) is 6.83. The van der Waals surface area contributed by atoms with Gasteiger partial charge in [0.25, 0.3) is 0 Å². The Balaban J connectivity index is 1.43. The lowest BCUT2D eigenvalue weighted by Crippen LogP contribution is -2.35. The van der Waals surface area contributed by atoms with Gasteiger partial charge in [-0.3, -0.25) is 5.10 Å². The third-order valence-corrected chi connectivity index (χ3v) is 4.16. The molecule has 5 nitrogen and oxygen atoms in total. The Morgan fingerprint density at radius 2 is 2.24 bits per heavy atom. The molecule has 0 radical (unpaired) electrons. The quantitative estimate of drug-likeness (QED) is 0.849. The first-order valence-electron chi connectivity index (χ1n) is 7.69. The number of aromatic amines is 1. The molecule has 5 heteroatoms. The van der Waals surface area contributed by atoms with Gasteiger partial charge in [-0.25, -0.2) is 4.98 Å². The smallest absolute Gasteiger partial charge is 0.141 e. The van der Waals surface area contributed by atoms with Crippen LogP contribution < -0.4 is 5.32 Å². The van der Waals surface area contributed by atoms with Crippen LogP contribution in [0.25, 0.3) is 0 Å². The minimum atomic E-state index is 0.228. The maximum Gasteiger partial charge on any atom is 0.141 e. The van der Waals surface area contributed by atoms with Gasteiger partial charge in [0.2, 0.25) is 0 Å². The third-order valence-electron chi connectivity index (χ3n) is 4.16. The number of nitrogens with one attached hydrogen (secondary N) is 2. The maximum atomic E-state index is 4.21. The lowest BCUT2D eigenvalue weighted by atomic mass is 10.1. The second-order valence-corrected chi connectivity index (χ2v) is 5.78. The van der Waals surface area contributed by atoms with Crippen LogP contribution >= 0.6 is 0 Å². The van der Waals surface area contributed by atoms with Crippen LogP contribution in [0.3, 0.4) is 0 Å². The number of H-pyrrole nitrogens is 1. The van der Waals surface area contributed by atoms with Crippen molar-refractivity contribution in [2.45, 2.75) is 31.8 Å². The minimum absolute atomic E-state index is 0.228. The first-order chi connectivity index (χ1) is 10.3. The predicted octanol–water partition coefficient (Wildman–Crippen LogP) is 1.77. The summed E-state index contributed by atoms with van der Waals surface area (Å²) in [5, 5.41) is 10.5. The van der Waals surface area contributed by atoms with Gasteiger partial charge in [-0.05, 0) is 31.9 Å². The molecule has 1 fully saturated rings. The van der Waals surface area contributed by atoms with Crippen LogP contribution in [0.15, 0.2) is 36.7 Å². The molecule has 0 spiro atoms. The molecule has 2 heterocycles. The van der Waals surface area contributed by atoms with Crippen LogP contribution in [0.5, 0.6) is 0 Å². The van der Waals surface area contributed by atoms with Gasteiger partial charge in [0.1, 0.15) is 12.2 Å². The number of nitrogens with zero attached hydrogens (tertiary/aromatic N) is 3. The summed E-state index contributed by atoms with van der Waals surface area (Å²) in [6, 6.07) is 11.5. The summed E-state index contributed by atoms with van der Waals surface area (Å²) in [4.78, 5) is 6.75. The Morgan fingerprint density at radius 3 is 3.00 bits per heavy atom. The van der Waals surface area contributed by atoms with Crippen LogP contribution in [-0.2, 0) is 6.42 Å². The number of hydrogen-bond acceptors (Lipinski definition) is 4. The molecule has 3 rings (SSSR count). The molecule has 2 unspecified atom stereocenters. The third kappa shape index (κ3) is 3.89. The van der Waals surface area contributed by atoms with Crippen LogP contribution in [-0.4, -0.2) is 45.8 Å². The summed E-state index contributed by atoms with van der Waals surface area (Å²) in [7, 11) is 0. The van der Waals surface area contributed by atoms with E-state index in [0.29, 0.717) is 6.04 Å². The molecule has 1 saturated heterocycles. The monoisotopic (exact) mass is 285 g/mol. The first-order valence-corrected chi connectivity index (χ1v) is 7.69. The SMILES string of the molecule is CC(NC1CCN(CCc2ccccc2)C1)c1ncn[nH]1. The summed E-state index contributed by atoms with van der Waals surface area (Å²) in [5.74, 6) is 0.915. The van der Waals surface area contributed by atoms with E-state index in [9.17, 15) is 0 Å². The Bertz CT molecular complexity index is 525. The molecule has 1 aromatic carbocycles. The van der Waals surface area contributed by atoms with E-state index in [1.165, 1.54) is 18.5 Å². The van der Waals surface area contributed by atoms with Gasteiger partial charge in [-0.15, -0.1) is 0 Å². The number of likely N-dealkylation sites (tertiary alicyclic amines) is 1. The molecule has 21 heavy (non-hydrogen) atoms. The molecule has 0 saturated carbocycles. The molecular weight excluding hydrogens is 262 g/mol. The lowest BCUT2D eigenvalue weighted by Gasteiger charge is -2.19. The van der Waals surface area contributed by atoms with E-state index in [-0.39, 0.29) is 6.04 Å².